The summed E-state index contributed by atoms with van der Waals surface area (Å²) in [5.41, 5.74) is 2.32. The van der Waals surface area contributed by atoms with Crippen molar-refractivity contribution in [3.8, 4) is 0 Å². The summed E-state index contributed by atoms with van der Waals surface area (Å²) < 4.78 is 25.3. The van der Waals surface area contributed by atoms with E-state index >= 15 is 0 Å². The molecule has 0 spiro atoms. The Balaban J connectivity index is 2.09. The number of alkyl halides is 2. The number of pyridine rings is 1. The summed E-state index contributed by atoms with van der Waals surface area (Å²) in [6.07, 6.45) is 1.40. The highest BCUT2D eigenvalue weighted by molar-refractivity contribution is 7.99. The summed E-state index contributed by atoms with van der Waals surface area (Å²) in [4.78, 5) is 18.6. The Kier molecular flexibility index (Phi) is 8.00. The molecule has 1 amide bonds. The van der Waals surface area contributed by atoms with Gasteiger partial charge in [0, 0.05) is 19.3 Å². The maximum Gasteiger partial charge on any atom is 0.290 e. The van der Waals surface area contributed by atoms with Crippen molar-refractivity contribution in [3.63, 3.8) is 0 Å². The molecule has 0 bridgehead atoms. The zero-order chi connectivity index (χ0) is 18.9. The second-order valence-electron chi connectivity index (χ2n) is 5.65. The zero-order valence-corrected chi connectivity index (χ0v) is 15.7. The first-order chi connectivity index (χ1) is 12.5. The highest BCUT2D eigenvalue weighted by Crippen LogP contribution is 2.26. The molecule has 0 saturated heterocycles. The second kappa shape index (κ2) is 10.2. The van der Waals surface area contributed by atoms with Crippen LogP contribution in [0.2, 0.25) is 0 Å². The molecule has 0 aliphatic carbocycles. The van der Waals surface area contributed by atoms with Gasteiger partial charge in [0.2, 0.25) is 0 Å². The molecule has 140 valence electrons. The van der Waals surface area contributed by atoms with E-state index < -0.39 is 11.7 Å². The van der Waals surface area contributed by atoms with Gasteiger partial charge in [-0.3, -0.25) is 9.69 Å². The molecule has 0 unspecified atom stereocenters. The van der Waals surface area contributed by atoms with Crippen LogP contribution in [0.4, 0.5) is 8.78 Å². The van der Waals surface area contributed by atoms with Crippen molar-refractivity contribution >= 4 is 17.7 Å². The van der Waals surface area contributed by atoms with Gasteiger partial charge in [-0.2, -0.15) is 8.78 Å². The van der Waals surface area contributed by atoms with E-state index in [4.69, 9.17) is 0 Å². The number of nitrogens with one attached hydrogen (secondary N) is 1. The van der Waals surface area contributed by atoms with Crippen molar-refractivity contribution < 1.29 is 13.6 Å². The number of benzene rings is 1. The lowest BCUT2D eigenvalue weighted by atomic mass is 10.1. The van der Waals surface area contributed by atoms with Gasteiger partial charge >= 0.3 is 0 Å². The lowest BCUT2D eigenvalue weighted by molar-refractivity contribution is 0.0947. The van der Waals surface area contributed by atoms with Gasteiger partial charge in [-0.1, -0.05) is 38.1 Å². The third-order valence-electron chi connectivity index (χ3n) is 4.06. The predicted octanol–water partition coefficient (Wildman–Crippen LogP) is 4.17. The SMILES string of the molecule is CCN(CC)Cc1ccccc1CNC(=O)c1cccnc1SC(F)F. The van der Waals surface area contributed by atoms with E-state index in [1.54, 1.807) is 6.07 Å². The molecule has 1 aromatic carbocycles. The van der Waals surface area contributed by atoms with Crippen molar-refractivity contribution in [1.82, 2.24) is 15.2 Å². The largest absolute Gasteiger partial charge is 0.348 e. The Morgan fingerprint density at radius 2 is 1.85 bits per heavy atom. The maximum atomic E-state index is 12.6. The summed E-state index contributed by atoms with van der Waals surface area (Å²) in [6.45, 7) is 7.25. The molecule has 4 nitrogen and oxygen atoms in total. The molecule has 2 rings (SSSR count). The molecule has 1 aromatic heterocycles. The van der Waals surface area contributed by atoms with Crippen LogP contribution in [0.25, 0.3) is 0 Å². The van der Waals surface area contributed by atoms with Crippen molar-refractivity contribution in [2.75, 3.05) is 13.1 Å². The van der Waals surface area contributed by atoms with Crippen LogP contribution in [-0.2, 0) is 13.1 Å². The normalized spacial score (nSPS) is 11.2. The zero-order valence-electron chi connectivity index (χ0n) is 14.9. The first kappa shape index (κ1) is 20.3. The molecule has 26 heavy (non-hydrogen) atoms. The third kappa shape index (κ3) is 5.78. The van der Waals surface area contributed by atoms with Crippen LogP contribution in [-0.4, -0.2) is 34.6 Å². The fourth-order valence-corrected chi connectivity index (χ4v) is 3.16. The molecule has 0 saturated carbocycles. The van der Waals surface area contributed by atoms with Crippen molar-refractivity contribution in [2.45, 2.75) is 37.7 Å². The molecule has 0 radical (unpaired) electrons. The Morgan fingerprint density at radius 3 is 2.50 bits per heavy atom. The standard InChI is InChI=1S/C19H23F2N3OS/c1-3-24(4-2)13-15-9-6-5-8-14(15)12-23-17(25)16-10-7-11-22-18(16)26-19(20)21/h5-11,19H,3-4,12-13H2,1-2H3,(H,23,25). The average Bonchev–Trinajstić information content (AvgIpc) is 2.65. The van der Waals surface area contributed by atoms with Gasteiger partial charge in [0.15, 0.2) is 0 Å². The molecule has 7 heteroatoms. The predicted molar refractivity (Wildman–Crippen MR) is 100 cm³/mol. The minimum atomic E-state index is -2.62. The number of halogens is 2. The van der Waals surface area contributed by atoms with Gasteiger partial charge in [0.05, 0.1) is 5.56 Å². The quantitative estimate of drug-likeness (QED) is 0.664. The molecule has 0 aliphatic heterocycles. The second-order valence-corrected chi connectivity index (χ2v) is 6.63. The number of rotatable bonds is 9. The Hall–Kier alpha value is -1.99. The minimum Gasteiger partial charge on any atom is -0.348 e. The Labute approximate surface area is 157 Å². The summed E-state index contributed by atoms with van der Waals surface area (Å²) >= 11 is 0.281. The summed E-state index contributed by atoms with van der Waals surface area (Å²) in [5, 5.41) is 2.86. The maximum absolute atomic E-state index is 12.6. The molecule has 2 aromatic rings. The Morgan fingerprint density at radius 1 is 1.15 bits per heavy atom. The summed E-state index contributed by atoms with van der Waals surface area (Å²) in [5.74, 6) is -3.02. The van der Waals surface area contributed by atoms with Gasteiger partial charge in [-0.25, -0.2) is 4.98 Å². The van der Waals surface area contributed by atoms with E-state index in [0.29, 0.717) is 6.54 Å². The number of nitrogens with zero attached hydrogens (tertiary/aromatic N) is 2. The van der Waals surface area contributed by atoms with Gasteiger partial charge < -0.3 is 5.32 Å². The molecule has 1 N–H and O–H groups in total. The molecule has 0 fully saturated rings. The number of carbonyl (C=O) groups excluding carboxylic acids is 1. The lowest BCUT2D eigenvalue weighted by Crippen LogP contribution is -2.26. The molecule has 0 atom stereocenters. The van der Waals surface area contributed by atoms with E-state index in [9.17, 15) is 13.6 Å². The molecule has 1 heterocycles. The number of hydrogen-bond donors (Lipinski definition) is 1. The van der Waals surface area contributed by atoms with E-state index in [-0.39, 0.29) is 22.4 Å². The lowest BCUT2D eigenvalue weighted by Gasteiger charge is -2.20. The van der Waals surface area contributed by atoms with Crippen LogP contribution in [0.1, 0.15) is 35.3 Å². The van der Waals surface area contributed by atoms with Crippen LogP contribution in [0.5, 0.6) is 0 Å². The van der Waals surface area contributed by atoms with Crippen LogP contribution < -0.4 is 5.32 Å². The minimum absolute atomic E-state index is 0.0384. The monoisotopic (exact) mass is 379 g/mol. The number of thioether (sulfide) groups is 1. The Bertz CT molecular complexity index is 723. The molecular formula is C19H23F2N3OS. The van der Waals surface area contributed by atoms with Crippen molar-refractivity contribution in [3.05, 3.63) is 59.3 Å². The smallest absolute Gasteiger partial charge is 0.290 e. The van der Waals surface area contributed by atoms with E-state index in [2.05, 4.69) is 29.0 Å². The fraction of sp³-hybridized carbons (Fsp3) is 0.368. The number of hydrogen-bond acceptors (Lipinski definition) is 4. The van der Waals surface area contributed by atoms with Crippen molar-refractivity contribution in [2.24, 2.45) is 0 Å². The van der Waals surface area contributed by atoms with Gasteiger partial charge in [0.25, 0.3) is 11.7 Å². The molecule has 0 aliphatic rings. The molecular weight excluding hydrogens is 356 g/mol. The van der Waals surface area contributed by atoms with Gasteiger partial charge in [-0.15, -0.1) is 0 Å². The third-order valence-corrected chi connectivity index (χ3v) is 4.79. The topological polar surface area (TPSA) is 45.2 Å². The first-order valence-corrected chi connectivity index (χ1v) is 9.40. The van der Waals surface area contributed by atoms with Crippen LogP contribution in [0.3, 0.4) is 0 Å². The van der Waals surface area contributed by atoms with Crippen LogP contribution in [0.15, 0.2) is 47.6 Å². The summed E-state index contributed by atoms with van der Waals surface area (Å²) in [6, 6.07) is 11.0. The number of carbonyl (C=O) groups is 1. The van der Waals surface area contributed by atoms with Gasteiger partial charge in [-0.05, 0) is 48.1 Å². The highest BCUT2D eigenvalue weighted by Gasteiger charge is 2.17. The number of aromatic nitrogens is 1. The number of amides is 1. The van der Waals surface area contributed by atoms with Gasteiger partial charge in [0.1, 0.15) is 5.03 Å². The summed E-state index contributed by atoms with van der Waals surface area (Å²) in [7, 11) is 0. The fourth-order valence-electron chi connectivity index (χ4n) is 2.58. The first-order valence-electron chi connectivity index (χ1n) is 8.52. The van der Waals surface area contributed by atoms with Crippen molar-refractivity contribution in [1.29, 1.82) is 0 Å². The van der Waals surface area contributed by atoms with Crippen LogP contribution >= 0.6 is 11.8 Å². The highest BCUT2D eigenvalue weighted by atomic mass is 32.2. The average molecular weight is 379 g/mol. The van der Waals surface area contributed by atoms with E-state index in [1.165, 1.54) is 12.3 Å². The van der Waals surface area contributed by atoms with E-state index in [1.807, 2.05) is 24.3 Å². The van der Waals surface area contributed by atoms with E-state index in [0.717, 1.165) is 30.8 Å². The van der Waals surface area contributed by atoms with Crippen LogP contribution in [0, 0.1) is 0 Å².